The minimum Gasteiger partial charge on any atom is -0.310 e. The number of hydrogen-bond acceptors (Lipinski definition) is 2. The van der Waals surface area contributed by atoms with Gasteiger partial charge in [0.25, 0.3) is 0 Å². The SMILES string of the molecule is CC1CC(NC2CCCC2)CN(CC2CCCC2)C1. The zero-order chi connectivity index (χ0) is 13.1. The van der Waals surface area contributed by atoms with Gasteiger partial charge < -0.3 is 10.2 Å². The van der Waals surface area contributed by atoms with Crippen molar-refractivity contribution >= 4 is 0 Å². The van der Waals surface area contributed by atoms with E-state index in [1.165, 1.54) is 77.4 Å². The average Bonchev–Trinajstić information content (AvgIpc) is 3.01. The first kappa shape index (κ1) is 13.9. The number of hydrogen-bond donors (Lipinski definition) is 1. The highest BCUT2D eigenvalue weighted by Crippen LogP contribution is 2.28. The summed E-state index contributed by atoms with van der Waals surface area (Å²) in [7, 11) is 0. The molecule has 1 N–H and O–H groups in total. The van der Waals surface area contributed by atoms with Crippen molar-refractivity contribution in [3.63, 3.8) is 0 Å². The van der Waals surface area contributed by atoms with Gasteiger partial charge >= 0.3 is 0 Å². The molecule has 0 bridgehead atoms. The molecular formula is C17H32N2. The molecular weight excluding hydrogens is 232 g/mol. The average molecular weight is 264 g/mol. The quantitative estimate of drug-likeness (QED) is 0.837. The topological polar surface area (TPSA) is 15.3 Å². The van der Waals surface area contributed by atoms with Crippen LogP contribution in [0.4, 0.5) is 0 Å². The van der Waals surface area contributed by atoms with E-state index in [2.05, 4.69) is 17.1 Å². The third-order valence-corrected chi connectivity index (χ3v) is 5.55. The van der Waals surface area contributed by atoms with E-state index in [0.717, 1.165) is 23.9 Å². The summed E-state index contributed by atoms with van der Waals surface area (Å²) in [6.07, 6.45) is 13.1. The number of nitrogens with zero attached hydrogens (tertiary/aromatic N) is 1. The molecule has 0 amide bonds. The predicted molar refractivity (Wildman–Crippen MR) is 81.4 cm³/mol. The summed E-state index contributed by atoms with van der Waals surface area (Å²) < 4.78 is 0. The standard InChI is InChI=1S/C17H32N2/c1-14-10-17(18-16-8-4-5-9-16)13-19(11-14)12-15-6-2-3-7-15/h14-18H,2-13H2,1H3. The van der Waals surface area contributed by atoms with Crippen LogP contribution < -0.4 is 5.32 Å². The van der Waals surface area contributed by atoms with Crippen LogP contribution in [-0.4, -0.2) is 36.6 Å². The van der Waals surface area contributed by atoms with Crippen LogP contribution in [-0.2, 0) is 0 Å². The van der Waals surface area contributed by atoms with E-state index in [1.807, 2.05) is 0 Å². The van der Waals surface area contributed by atoms with Crippen molar-refractivity contribution in [3.8, 4) is 0 Å². The van der Waals surface area contributed by atoms with Crippen LogP contribution in [0.3, 0.4) is 0 Å². The molecule has 3 rings (SSSR count). The van der Waals surface area contributed by atoms with Crippen LogP contribution in [0.25, 0.3) is 0 Å². The second kappa shape index (κ2) is 6.58. The molecule has 2 atom stereocenters. The summed E-state index contributed by atoms with van der Waals surface area (Å²) in [5, 5.41) is 3.96. The minimum atomic E-state index is 0.772. The Kier molecular flexibility index (Phi) is 4.81. The van der Waals surface area contributed by atoms with Crippen molar-refractivity contribution in [2.24, 2.45) is 11.8 Å². The van der Waals surface area contributed by atoms with Crippen molar-refractivity contribution in [1.29, 1.82) is 0 Å². The highest BCUT2D eigenvalue weighted by Gasteiger charge is 2.29. The number of piperidine rings is 1. The molecule has 2 unspecified atom stereocenters. The summed E-state index contributed by atoms with van der Waals surface area (Å²) in [5.41, 5.74) is 0. The molecule has 0 spiro atoms. The molecule has 2 heteroatoms. The molecule has 110 valence electrons. The fraction of sp³-hybridized carbons (Fsp3) is 1.00. The first-order chi connectivity index (χ1) is 9.29. The maximum absolute atomic E-state index is 3.96. The Labute approximate surface area is 119 Å². The van der Waals surface area contributed by atoms with Crippen molar-refractivity contribution in [2.45, 2.75) is 76.8 Å². The molecule has 19 heavy (non-hydrogen) atoms. The fourth-order valence-electron chi connectivity index (χ4n) is 4.72. The summed E-state index contributed by atoms with van der Waals surface area (Å²) in [6, 6.07) is 1.61. The van der Waals surface area contributed by atoms with E-state index in [1.54, 1.807) is 0 Å². The predicted octanol–water partition coefficient (Wildman–Crippen LogP) is 3.42. The van der Waals surface area contributed by atoms with Crippen molar-refractivity contribution < 1.29 is 0 Å². The van der Waals surface area contributed by atoms with Gasteiger partial charge in [-0.15, -0.1) is 0 Å². The Balaban J connectivity index is 1.48. The molecule has 2 aliphatic carbocycles. The van der Waals surface area contributed by atoms with Gasteiger partial charge in [-0.25, -0.2) is 0 Å². The summed E-state index contributed by atoms with van der Waals surface area (Å²) in [6.45, 7) is 6.49. The van der Waals surface area contributed by atoms with E-state index in [-0.39, 0.29) is 0 Å². The van der Waals surface area contributed by atoms with Gasteiger partial charge in [-0.2, -0.15) is 0 Å². The lowest BCUT2D eigenvalue weighted by Gasteiger charge is -2.39. The highest BCUT2D eigenvalue weighted by molar-refractivity contribution is 4.87. The molecule has 0 radical (unpaired) electrons. The minimum absolute atomic E-state index is 0.772. The summed E-state index contributed by atoms with van der Waals surface area (Å²) >= 11 is 0. The Hall–Kier alpha value is -0.0800. The van der Waals surface area contributed by atoms with E-state index in [9.17, 15) is 0 Å². The smallest absolute Gasteiger partial charge is 0.0200 e. The van der Waals surface area contributed by atoms with Crippen LogP contribution in [0.1, 0.15) is 64.7 Å². The first-order valence-electron chi connectivity index (χ1n) is 8.78. The van der Waals surface area contributed by atoms with Gasteiger partial charge in [0.2, 0.25) is 0 Å². The van der Waals surface area contributed by atoms with Gasteiger partial charge in [0.15, 0.2) is 0 Å². The van der Waals surface area contributed by atoms with E-state index >= 15 is 0 Å². The monoisotopic (exact) mass is 264 g/mol. The zero-order valence-electron chi connectivity index (χ0n) is 12.7. The van der Waals surface area contributed by atoms with Crippen LogP contribution in [0.5, 0.6) is 0 Å². The normalized spacial score (nSPS) is 35.2. The molecule has 1 saturated heterocycles. The number of rotatable bonds is 4. The Morgan fingerprint density at radius 1 is 0.895 bits per heavy atom. The van der Waals surface area contributed by atoms with Crippen LogP contribution in [0, 0.1) is 11.8 Å². The van der Waals surface area contributed by atoms with Gasteiger partial charge in [0, 0.05) is 31.7 Å². The summed E-state index contributed by atoms with van der Waals surface area (Å²) in [5.74, 6) is 1.89. The van der Waals surface area contributed by atoms with Crippen molar-refractivity contribution in [3.05, 3.63) is 0 Å². The Bertz CT molecular complexity index is 240. The zero-order valence-corrected chi connectivity index (χ0v) is 12.7. The Morgan fingerprint density at radius 2 is 1.58 bits per heavy atom. The molecule has 3 fully saturated rings. The number of likely N-dealkylation sites (tertiary alicyclic amines) is 1. The van der Waals surface area contributed by atoms with E-state index in [4.69, 9.17) is 0 Å². The first-order valence-corrected chi connectivity index (χ1v) is 8.78. The number of nitrogens with one attached hydrogen (secondary N) is 1. The van der Waals surface area contributed by atoms with E-state index < -0.39 is 0 Å². The molecule has 0 aromatic carbocycles. The lowest BCUT2D eigenvalue weighted by Crippen LogP contribution is -2.51. The highest BCUT2D eigenvalue weighted by atomic mass is 15.2. The van der Waals surface area contributed by atoms with Gasteiger partial charge in [-0.3, -0.25) is 0 Å². The molecule has 0 aromatic rings. The van der Waals surface area contributed by atoms with Crippen LogP contribution in [0.2, 0.25) is 0 Å². The van der Waals surface area contributed by atoms with Gasteiger partial charge in [-0.05, 0) is 43.9 Å². The largest absolute Gasteiger partial charge is 0.310 e. The Morgan fingerprint density at radius 3 is 2.32 bits per heavy atom. The third kappa shape index (κ3) is 3.95. The second-order valence-electron chi connectivity index (χ2n) is 7.55. The molecule has 1 aliphatic heterocycles. The van der Waals surface area contributed by atoms with Crippen LogP contribution in [0.15, 0.2) is 0 Å². The van der Waals surface area contributed by atoms with Gasteiger partial charge in [-0.1, -0.05) is 32.6 Å². The van der Waals surface area contributed by atoms with Crippen LogP contribution >= 0.6 is 0 Å². The second-order valence-corrected chi connectivity index (χ2v) is 7.55. The third-order valence-electron chi connectivity index (χ3n) is 5.55. The van der Waals surface area contributed by atoms with Crippen molar-refractivity contribution in [1.82, 2.24) is 10.2 Å². The molecule has 0 aromatic heterocycles. The maximum Gasteiger partial charge on any atom is 0.0200 e. The van der Waals surface area contributed by atoms with Gasteiger partial charge in [0.05, 0.1) is 0 Å². The lowest BCUT2D eigenvalue weighted by atomic mass is 9.94. The van der Waals surface area contributed by atoms with E-state index in [0.29, 0.717) is 0 Å². The fourth-order valence-corrected chi connectivity index (χ4v) is 4.72. The summed E-state index contributed by atoms with van der Waals surface area (Å²) in [4.78, 5) is 2.77. The molecule has 2 nitrogen and oxygen atoms in total. The molecule has 3 aliphatic rings. The lowest BCUT2D eigenvalue weighted by molar-refractivity contribution is 0.125. The van der Waals surface area contributed by atoms with Crippen molar-refractivity contribution in [2.75, 3.05) is 19.6 Å². The maximum atomic E-state index is 3.96. The van der Waals surface area contributed by atoms with Gasteiger partial charge in [0.1, 0.15) is 0 Å². The molecule has 2 saturated carbocycles. The molecule has 1 heterocycles.